The van der Waals surface area contributed by atoms with Crippen LogP contribution in [0.15, 0.2) is 22.6 Å². The van der Waals surface area contributed by atoms with E-state index >= 15 is 0 Å². The van der Waals surface area contributed by atoms with Gasteiger partial charge in [0.25, 0.3) is 0 Å². The summed E-state index contributed by atoms with van der Waals surface area (Å²) in [7, 11) is 0. The standard InChI is InChI=1S/C19H23ClN2O4/c20-15-1-2-17-16(9-15)21-19(26-17)14-3-6-22(7-4-14)18(23)12-25-11-13-5-8-24-10-13/h1-2,9,13-14H,3-8,10-12H2/t13-/m1/s1. The molecule has 1 atom stereocenters. The van der Waals surface area contributed by atoms with Crippen LogP contribution in [-0.4, -0.2) is 55.3 Å². The summed E-state index contributed by atoms with van der Waals surface area (Å²) in [6.45, 7) is 3.72. The Hall–Kier alpha value is -1.63. The van der Waals surface area contributed by atoms with Crippen LogP contribution in [0.25, 0.3) is 11.1 Å². The van der Waals surface area contributed by atoms with Gasteiger partial charge in [0.15, 0.2) is 11.5 Å². The number of halogens is 1. The van der Waals surface area contributed by atoms with E-state index in [1.54, 1.807) is 6.07 Å². The van der Waals surface area contributed by atoms with Gasteiger partial charge in [-0.1, -0.05) is 11.6 Å². The number of amides is 1. The first-order chi connectivity index (χ1) is 12.7. The van der Waals surface area contributed by atoms with E-state index in [-0.39, 0.29) is 18.4 Å². The summed E-state index contributed by atoms with van der Waals surface area (Å²) in [5.41, 5.74) is 1.54. The highest BCUT2D eigenvalue weighted by Gasteiger charge is 2.27. The predicted octanol–water partition coefficient (Wildman–Crippen LogP) is 3.24. The minimum absolute atomic E-state index is 0.0618. The van der Waals surface area contributed by atoms with E-state index in [9.17, 15) is 4.79 Å². The lowest BCUT2D eigenvalue weighted by atomic mass is 9.97. The number of carbonyl (C=O) groups is 1. The highest BCUT2D eigenvalue weighted by atomic mass is 35.5. The molecule has 0 radical (unpaired) electrons. The summed E-state index contributed by atoms with van der Waals surface area (Å²) < 4.78 is 16.8. The smallest absolute Gasteiger partial charge is 0.248 e. The van der Waals surface area contributed by atoms with E-state index in [2.05, 4.69) is 4.98 Å². The van der Waals surface area contributed by atoms with Crippen LogP contribution in [0, 0.1) is 5.92 Å². The summed E-state index contributed by atoms with van der Waals surface area (Å²) in [4.78, 5) is 18.8. The highest BCUT2D eigenvalue weighted by Crippen LogP contribution is 2.30. The molecule has 2 aliphatic rings. The maximum Gasteiger partial charge on any atom is 0.248 e. The second-order valence-electron chi connectivity index (χ2n) is 7.06. The summed E-state index contributed by atoms with van der Waals surface area (Å²) in [6.07, 6.45) is 2.72. The number of oxazole rings is 1. The van der Waals surface area contributed by atoms with Gasteiger partial charge in [-0.2, -0.15) is 0 Å². The van der Waals surface area contributed by atoms with Crippen molar-refractivity contribution in [2.24, 2.45) is 5.92 Å². The lowest BCUT2D eigenvalue weighted by molar-refractivity contribution is -0.137. The normalized spacial score (nSPS) is 21.6. The molecule has 2 aromatic rings. The number of benzene rings is 1. The molecule has 0 N–H and O–H groups in total. The van der Waals surface area contributed by atoms with Crippen molar-refractivity contribution in [2.75, 3.05) is 39.5 Å². The van der Waals surface area contributed by atoms with E-state index in [1.807, 2.05) is 17.0 Å². The number of hydrogen-bond donors (Lipinski definition) is 0. The predicted molar refractivity (Wildman–Crippen MR) is 97.3 cm³/mol. The monoisotopic (exact) mass is 378 g/mol. The zero-order chi connectivity index (χ0) is 17.9. The lowest BCUT2D eigenvalue weighted by Gasteiger charge is -2.30. The van der Waals surface area contributed by atoms with Gasteiger partial charge in [0.2, 0.25) is 5.91 Å². The number of rotatable bonds is 5. The van der Waals surface area contributed by atoms with Crippen LogP contribution in [-0.2, 0) is 14.3 Å². The number of piperidine rings is 1. The summed E-state index contributed by atoms with van der Waals surface area (Å²) in [6, 6.07) is 5.46. The number of ether oxygens (including phenoxy) is 2. The third-order valence-corrected chi connectivity index (χ3v) is 5.40. The number of fused-ring (bicyclic) bond motifs is 1. The summed E-state index contributed by atoms with van der Waals surface area (Å²) in [5, 5.41) is 0.655. The Morgan fingerprint density at radius 2 is 2.15 bits per heavy atom. The van der Waals surface area contributed by atoms with Crippen molar-refractivity contribution < 1.29 is 18.7 Å². The van der Waals surface area contributed by atoms with E-state index in [1.165, 1.54) is 0 Å². The fourth-order valence-electron chi connectivity index (χ4n) is 3.59. The Kier molecular flexibility index (Phi) is 5.43. The van der Waals surface area contributed by atoms with E-state index in [0.29, 0.717) is 30.6 Å². The average molecular weight is 379 g/mol. The van der Waals surface area contributed by atoms with Crippen LogP contribution in [0.2, 0.25) is 5.02 Å². The van der Waals surface area contributed by atoms with Crippen molar-refractivity contribution in [3.8, 4) is 0 Å². The van der Waals surface area contributed by atoms with Crippen molar-refractivity contribution >= 4 is 28.6 Å². The molecule has 26 heavy (non-hydrogen) atoms. The molecule has 0 bridgehead atoms. The Balaban J connectivity index is 1.26. The third kappa shape index (κ3) is 4.03. The second kappa shape index (κ2) is 7.94. The molecule has 6 nitrogen and oxygen atoms in total. The lowest BCUT2D eigenvalue weighted by Crippen LogP contribution is -2.40. The zero-order valence-corrected chi connectivity index (χ0v) is 15.4. The molecule has 2 aliphatic heterocycles. The van der Waals surface area contributed by atoms with Crippen molar-refractivity contribution in [1.82, 2.24) is 9.88 Å². The maximum absolute atomic E-state index is 12.3. The second-order valence-corrected chi connectivity index (χ2v) is 7.50. The summed E-state index contributed by atoms with van der Waals surface area (Å²) >= 11 is 6.01. The van der Waals surface area contributed by atoms with Gasteiger partial charge in [-0.15, -0.1) is 0 Å². The van der Waals surface area contributed by atoms with Gasteiger partial charge in [-0.05, 0) is 37.5 Å². The molecule has 2 fully saturated rings. The molecule has 0 aliphatic carbocycles. The van der Waals surface area contributed by atoms with Crippen molar-refractivity contribution in [3.63, 3.8) is 0 Å². The first kappa shape index (κ1) is 17.8. The molecule has 140 valence electrons. The van der Waals surface area contributed by atoms with Crippen LogP contribution >= 0.6 is 11.6 Å². The fraction of sp³-hybridized carbons (Fsp3) is 0.579. The minimum Gasteiger partial charge on any atom is -0.440 e. The van der Waals surface area contributed by atoms with E-state index < -0.39 is 0 Å². The molecule has 0 unspecified atom stereocenters. The topological polar surface area (TPSA) is 64.8 Å². The largest absolute Gasteiger partial charge is 0.440 e. The van der Waals surface area contributed by atoms with Gasteiger partial charge in [-0.25, -0.2) is 4.98 Å². The first-order valence-corrected chi connectivity index (χ1v) is 9.56. The Morgan fingerprint density at radius 1 is 1.31 bits per heavy atom. The quantitative estimate of drug-likeness (QED) is 0.799. The first-order valence-electron chi connectivity index (χ1n) is 9.18. The van der Waals surface area contributed by atoms with Crippen molar-refractivity contribution in [2.45, 2.75) is 25.2 Å². The molecule has 0 spiro atoms. The van der Waals surface area contributed by atoms with Crippen LogP contribution in [0.5, 0.6) is 0 Å². The third-order valence-electron chi connectivity index (χ3n) is 5.17. The van der Waals surface area contributed by atoms with Gasteiger partial charge in [0, 0.05) is 36.6 Å². The molecular formula is C19H23ClN2O4. The van der Waals surface area contributed by atoms with Crippen LogP contribution < -0.4 is 0 Å². The number of carbonyl (C=O) groups excluding carboxylic acids is 1. The number of nitrogens with zero attached hydrogens (tertiary/aromatic N) is 2. The highest BCUT2D eigenvalue weighted by molar-refractivity contribution is 6.31. The van der Waals surface area contributed by atoms with Crippen LogP contribution in [0.4, 0.5) is 0 Å². The van der Waals surface area contributed by atoms with Gasteiger partial charge >= 0.3 is 0 Å². The number of aromatic nitrogens is 1. The Labute approximate surface area is 157 Å². The molecular weight excluding hydrogens is 356 g/mol. The molecule has 4 rings (SSSR count). The van der Waals surface area contributed by atoms with Crippen molar-refractivity contribution in [3.05, 3.63) is 29.1 Å². The molecule has 1 amide bonds. The zero-order valence-electron chi connectivity index (χ0n) is 14.7. The van der Waals surface area contributed by atoms with Crippen molar-refractivity contribution in [1.29, 1.82) is 0 Å². The van der Waals surface area contributed by atoms with Crippen LogP contribution in [0.1, 0.15) is 31.1 Å². The fourth-order valence-corrected chi connectivity index (χ4v) is 3.75. The molecule has 0 saturated carbocycles. The van der Waals surface area contributed by atoms with Gasteiger partial charge in [0.1, 0.15) is 12.1 Å². The average Bonchev–Trinajstić information content (AvgIpc) is 3.31. The molecule has 1 aromatic heterocycles. The number of likely N-dealkylation sites (tertiary alicyclic amines) is 1. The molecule has 2 saturated heterocycles. The Bertz CT molecular complexity index is 764. The van der Waals surface area contributed by atoms with E-state index in [4.69, 9.17) is 25.5 Å². The van der Waals surface area contributed by atoms with Gasteiger partial charge in [0.05, 0.1) is 13.2 Å². The SMILES string of the molecule is O=C(COC[C@@H]1CCOC1)N1CCC(c2nc3cc(Cl)ccc3o2)CC1. The maximum atomic E-state index is 12.3. The molecule has 7 heteroatoms. The van der Waals surface area contributed by atoms with Gasteiger partial charge in [-0.3, -0.25) is 4.79 Å². The van der Waals surface area contributed by atoms with E-state index in [0.717, 1.165) is 49.5 Å². The minimum atomic E-state index is 0.0618. The van der Waals surface area contributed by atoms with Crippen LogP contribution in [0.3, 0.4) is 0 Å². The molecule has 3 heterocycles. The number of hydrogen-bond acceptors (Lipinski definition) is 5. The van der Waals surface area contributed by atoms with Gasteiger partial charge < -0.3 is 18.8 Å². The Morgan fingerprint density at radius 3 is 2.92 bits per heavy atom. The molecule has 1 aromatic carbocycles. The summed E-state index contributed by atoms with van der Waals surface area (Å²) in [5.74, 6) is 1.47.